The molecule has 0 saturated carbocycles. The first-order valence-corrected chi connectivity index (χ1v) is 4.53. The molecule has 3 nitrogen and oxygen atoms in total. The highest BCUT2D eigenvalue weighted by Crippen LogP contribution is 2.22. The molecule has 0 atom stereocenters. The lowest BCUT2D eigenvalue weighted by Crippen LogP contribution is -2.27. The van der Waals surface area contributed by atoms with Crippen LogP contribution in [0.5, 0.6) is 0 Å². The van der Waals surface area contributed by atoms with Crippen LogP contribution in [0.15, 0.2) is 24.5 Å². The second kappa shape index (κ2) is 4.22. The van der Waals surface area contributed by atoms with Gasteiger partial charge < -0.3 is 4.74 Å². The molecule has 0 fully saturated rings. The zero-order chi connectivity index (χ0) is 10.6. The Labute approximate surface area is 84.1 Å². The van der Waals surface area contributed by atoms with Crippen molar-refractivity contribution in [1.82, 2.24) is 4.98 Å². The average molecular weight is 193 g/mol. The van der Waals surface area contributed by atoms with Crippen LogP contribution < -0.4 is 0 Å². The minimum absolute atomic E-state index is 0.186. The summed E-state index contributed by atoms with van der Waals surface area (Å²) in [6, 6.07) is 3.81. The first-order chi connectivity index (χ1) is 6.56. The summed E-state index contributed by atoms with van der Waals surface area (Å²) in [4.78, 5) is 15.3. The minimum Gasteiger partial charge on any atom is -0.469 e. The summed E-state index contributed by atoms with van der Waals surface area (Å²) in [7, 11) is 1.41. The number of carbonyl (C=O) groups excluding carboxylic acids is 1. The Kier molecular flexibility index (Phi) is 3.23. The maximum absolute atomic E-state index is 11.4. The molecule has 1 heterocycles. The standard InChI is InChI=1S/C11H15NO2/c1-11(2,10(13)14-3)8-9-4-6-12-7-5-9/h4-7H,8H2,1-3H3. The number of hydrogen-bond acceptors (Lipinski definition) is 3. The number of methoxy groups -OCH3 is 1. The number of aromatic nitrogens is 1. The summed E-state index contributed by atoms with van der Waals surface area (Å²) in [5.41, 5.74) is 0.617. The van der Waals surface area contributed by atoms with Crippen LogP contribution in [0, 0.1) is 5.41 Å². The SMILES string of the molecule is COC(=O)C(C)(C)Cc1ccncc1. The van der Waals surface area contributed by atoms with Gasteiger partial charge in [0.25, 0.3) is 0 Å². The molecule has 0 N–H and O–H groups in total. The van der Waals surface area contributed by atoms with E-state index < -0.39 is 5.41 Å². The van der Waals surface area contributed by atoms with Crippen LogP contribution in [0.3, 0.4) is 0 Å². The van der Waals surface area contributed by atoms with Crippen LogP contribution in [-0.4, -0.2) is 18.1 Å². The predicted octanol–water partition coefficient (Wildman–Crippen LogP) is 1.82. The minimum atomic E-state index is -0.476. The molecule has 0 amide bonds. The number of rotatable bonds is 3. The van der Waals surface area contributed by atoms with Gasteiger partial charge in [0.1, 0.15) is 0 Å². The van der Waals surface area contributed by atoms with Crippen LogP contribution in [0.1, 0.15) is 19.4 Å². The van der Waals surface area contributed by atoms with Crippen molar-refractivity contribution < 1.29 is 9.53 Å². The maximum Gasteiger partial charge on any atom is 0.311 e. The van der Waals surface area contributed by atoms with Gasteiger partial charge in [0.2, 0.25) is 0 Å². The molecule has 0 saturated heterocycles. The lowest BCUT2D eigenvalue weighted by atomic mass is 9.86. The second-order valence-electron chi connectivity index (χ2n) is 3.91. The molecule has 0 bridgehead atoms. The van der Waals surface area contributed by atoms with Crippen molar-refractivity contribution in [2.75, 3.05) is 7.11 Å². The third-order valence-electron chi connectivity index (χ3n) is 2.13. The van der Waals surface area contributed by atoms with Gasteiger partial charge in [0.05, 0.1) is 12.5 Å². The molecular weight excluding hydrogens is 178 g/mol. The normalized spacial score (nSPS) is 11.1. The third kappa shape index (κ3) is 2.55. The van der Waals surface area contributed by atoms with E-state index in [0.29, 0.717) is 6.42 Å². The van der Waals surface area contributed by atoms with Crippen LogP contribution in [0.4, 0.5) is 0 Å². The third-order valence-corrected chi connectivity index (χ3v) is 2.13. The predicted molar refractivity (Wildman–Crippen MR) is 53.7 cm³/mol. The van der Waals surface area contributed by atoms with Gasteiger partial charge in [-0.15, -0.1) is 0 Å². The van der Waals surface area contributed by atoms with Crippen molar-refractivity contribution >= 4 is 5.97 Å². The van der Waals surface area contributed by atoms with Gasteiger partial charge in [-0.3, -0.25) is 9.78 Å². The van der Waals surface area contributed by atoms with Crippen molar-refractivity contribution in [3.05, 3.63) is 30.1 Å². The Balaban J connectivity index is 2.73. The van der Waals surface area contributed by atoms with Crippen LogP contribution in [0.25, 0.3) is 0 Å². The molecule has 0 aliphatic rings. The van der Waals surface area contributed by atoms with E-state index in [0.717, 1.165) is 5.56 Å². The molecular formula is C11H15NO2. The lowest BCUT2D eigenvalue weighted by Gasteiger charge is -2.21. The molecule has 0 aromatic carbocycles. The van der Waals surface area contributed by atoms with Crippen molar-refractivity contribution in [3.8, 4) is 0 Å². The van der Waals surface area contributed by atoms with E-state index in [-0.39, 0.29) is 5.97 Å². The lowest BCUT2D eigenvalue weighted by molar-refractivity contribution is -0.150. The summed E-state index contributed by atoms with van der Waals surface area (Å²) in [6.07, 6.45) is 4.12. The molecule has 0 unspecified atom stereocenters. The fourth-order valence-corrected chi connectivity index (χ4v) is 1.36. The fourth-order valence-electron chi connectivity index (χ4n) is 1.36. The van der Waals surface area contributed by atoms with Crippen molar-refractivity contribution in [1.29, 1.82) is 0 Å². The number of esters is 1. The highest BCUT2D eigenvalue weighted by Gasteiger charge is 2.28. The molecule has 76 valence electrons. The molecule has 0 aliphatic carbocycles. The first kappa shape index (κ1) is 10.7. The van der Waals surface area contributed by atoms with E-state index in [1.54, 1.807) is 12.4 Å². The van der Waals surface area contributed by atoms with Crippen molar-refractivity contribution in [2.45, 2.75) is 20.3 Å². The molecule has 1 aromatic rings. The van der Waals surface area contributed by atoms with Crippen LogP contribution >= 0.6 is 0 Å². The quantitative estimate of drug-likeness (QED) is 0.687. The van der Waals surface area contributed by atoms with Gasteiger partial charge >= 0.3 is 5.97 Å². The molecule has 1 rings (SSSR count). The van der Waals surface area contributed by atoms with Crippen LogP contribution in [-0.2, 0) is 16.0 Å². The molecule has 1 aromatic heterocycles. The smallest absolute Gasteiger partial charge is 0.311 e. The first-order valence-electron chi connectivity index (χ1n) is 4.53. The van der Waals surface area contributed by atoms with Crippen molar-refractivity contribution in [2.24, 2.45) is 5.41 Å². The summed E-state index contributed by atoms with van der Waals surface area (Å²) in [5.74, 6) is -0.186. The second-order valence-corrected chi connectivity index (χ2v) is 3.91. The summed E-state index contributed by atoms with van der Waals surface area (Å²) < 4.78 is 4.73. The van der Waals surface area contributed by atoms with Gasteiger partial charge in [-0.25, -0.2) is 0 Å². The zero-order valence-electron chi connectivity index (χ0n) is 8.78. The van der Waals surface area contributed by atoms with E-state index in [1.807, 2.05) is 26.0 Å². The van der Waals surface area contributed by atoms with E-state index >= 15 is 0 Å². The van der Waals surface area contributed by atoms with Gasteiger partial charge in [0.15, 0.2) is 0 Å². The van der Waals surface area contributed by atoms with Gasteiger partial charge in [-0.1, -0.05) is 0 Å². The number of pyridine rings is 1. The fraction of sp³-hybridized carbons (Fsp3) is 0.455. The Morgan fingerprint density at radius 3 is 2.50 bits per heavy atom. The monoisotopic (exact) mass is 193 g/mol. The Morgan fingerprint density at radius 2 is 2.00 bits per heavy atom. The number of nitrogens with zero attached hydrogens (tertiary/aromatic N) is 1. The van der Waals surface area contributed by atoms with E-state index in [9.17, 15) is 4.79 Å². The van der Waals surface area contributed by atoms with Gasteiger partial charge in [-0.2, -0.15) is 0 Å². The van der Waals surface area contributed by atoms with E-state index in [4.69, 9.17) is 4.74 Å². The maximum atomic E-state index is 11.4. The van der Waals surface area contributed by atoms with Crippen LogP contribution in [0.2, 0.25) is 0 Å². The van der Waals surface area contributed by atoms with E-state index in [1.165, 1.54) is 7.11 Å². The van der Waals surface area contributed by atoms with Gasteiger partial charge in [0, 0.05) is 12.4 Å². The number of carbonyl (C=O) groups is 1. The zero-order valence-corrected chi connectivity index (χ0v) is 8.78. The van der Waals surface area contributed by atoms with Crippen molar-refractivity contribution in [3.63, 3.8) is 0 Å². The van der Waals surface area contributed by atoms with Gasteiger partial charge in [-0.05, 0) is 38.0 Å². The topological polar surface area (TPSA) is 39.2 Å². The Bertz CT molecular complexity index is 306. The summed E-state index contributed by atoms with van der Waals surface area (Å²) in [6.45, 7) is 3.75. The molecule has 3 heteroatoms. The Hall–Kier alpha value is -1.38. The summed E-state index contributed by atoms with van der Waals surface area (Å²) >= 11 is 0. The Morgan fingerprint density at radius 1 is 1.43 bits per heavy atom. The number of ether oxygens (including phenoxy) is 1. The average Bonchev–Trinajstić information content (AvgIpc) is 2.17. The largest absolute Gasteiger partial charge is 0.469 e. The molecule has 0 radical (unpaired) electrons. The molecule has 0 spiro atoms. The highest BCUT2D eigenvalue weighted by atomic mass is 16.5. The van der Waals surface area contributed by atoms with E-state index in [2.05, 4.69) is 4.98 Å². The summed E-state index contributed by atoms with van der Waals surface area (Å²) in [5, 5.41) is 0. The molecule has 14 heavy (non-hydrogen) atoms. The number of hydrogen-bond donors (Lipinski definition) is 0. The molecule has 0 aliphatic heterocycles. The highest BCUT2D eigenvalue weighted by molar-refractivity contribution is 5.76.